The molecule has 92 valence electrons. The first-order valence-corrected chi connectivity index (χ1v) is 6.64. The molecule has 0 spiro atoms. The van der Waals surface area contributed by atoms with Crippen molar-refractivity contribution < 1.29 is 4.74 Å². The Morgan fingerprint density at radius 3 is 1.60 bits per heavy atom. The molecule has 0 bridgehead atoms. The second-order valence-electron chi connectivity index (χ2n) is 5.42. The zero-order valence-electron chi connectivity index (χ0n) is 11.4. The van der Waals surface area contributed by atoms with E-state index in [1.54, 1.807) is 0 Å². The molecule has 0 atom stereocenters. The van der Waals surface area contributed by atoms with Crippen LogP contribution in [-0.2, 0) is 4.74 Å². The van der Waals surface area contributed by atoms with Crippen LogP contribution in [0.4, 0.5) is 0 Å². The summed E-state index contributed by atoms with van der Waals surface area (Å²) >= 11 is 0. The SMILES string of the molecule is CC1CCC(C)CC1.CCOCC(C)C. The fourth-order valence-corrected chi connectivity index (χ4v) is 1.78. The van der Waals surface area contributed by atoms with E-state index in [0.717, 1.165) is 25.0 Å². The highest BCUT2D eigenvalue weighted by atomic mass is 16.5. The van der Waals surface area contributed by atoms with E-state index in [9.17, 15) is 0 Å². The van der Waals surface area contributed by atoms with Gasteiger partial charge in [-0.25, -0.2) is 0 Å². The standard InChI is InChI=1S/C8H16.C6H14O/c1-7-3-5-8(2)6-4-7;1-4-7-5-6(2)3/h7-8H,3-6H2,1-2H3;6H,4-5H2,1-3H3. The molecule has 0 unspecified atom stereocenters. The molecule has 0 amide bonds. The van der Waals surface area contributed by atoms with Gasteiger partial charge in [-0.15, -0.1) is 0 Å². The van der Waals surface area contributed by atoms with E-state index in [1.165, 1.54) is 25.7 Å². The highest BCUT2D eigenvalue weighted by molar-refractivity contribution is 4.65. The van der Waals surface area contributed by atoms with Gasteiger partial charge in [0.1, 0.15) is 0 Å². The highest BCUT2D eigenvalue weighted by Gasteiger charge is 2.13. The summed E-state index contributed by atoms with van der Waals surface area (Å²) in [6.07, 6.45) is 5.89. The topological polar surface area (TPSA) is 9.23 Å². The van der Waals surface area contributed by atoms with E-state index in [2.05, 4.69) is 27.7 Å². The van der Waals surface area contributed by atoms with Gasteiger partial charge in [-0.05, 0) is 24.7 Å². The summed E-state index contributed by atoms with van der Waals surface area (Å²) in [5.41, 5.74) is 0. The van der Waals surface area contributed by atoms with E-state index in [0.29, 0.717) is 5.92 Å². The molecule has 0 aromatic heterocycles. The van der Waals surface area contributed by atoms with Crippen molar-refractivity contribution >= 4 is 0 Å². The summed E-state index contributed by atoms with van der Waals surface area (Å²) in [5, 5.41) is 0. The predicted octanol–water partition coefficient (Wildman–Crippen LogP) is 4.51. The number of hydrogen-bond donors (Lipinski definition) is 0. The average molecular weight is 214 g/mol. The smallest absolute Gasteiger partial charge is 0.0488 e. The number of hydrogen-bond acceptors (Lipinski definition) is 1. The van der Waals surface area contributed by atoms with Gasteiger partial charge in [0, 0.05) is 13.2 Å². The molecule has 0 saturated heterocycles. The van der Waals surface area contributed by atoms with Crippen molar-refractivity contribution in [3.8, 4) is 0 Å². The van der Waals surface area contributed by atoms with Crippen LogP contribution in [0.3, 0.4) is 0 Å². The van der Waals surface area contributed by atoms with E-state index in [-0.39, 0.29) is 0 Å². The van der Waals surface area contributed by atoms with Crippen LogP contribution in [0.5, 0.6) is 0 Å². The van der Waals surface area contributed by atoms with Crippen molar-refractivity contribution in [3.05, 3.63) is 0 Å². The zero-order valence-corrected chi connectivity index (χ0v) is 11.4. The van der Waals surface area contributed by atoms with Crippen LogP contribution >= 0.6 is 0 Å². The molecule has 0 N–H and O–H groups in total. The van der Waals surface area contributed by atoms with E-state index in [1.807, 2.05) is 6.92 Å². The summed E-state index contributed by atoms with van der Waals surface area (Å²) in [4.78, 5) is 0. The molecule has 1 fully saturated rings. The Kier molecular flexibility index (Phi) is 9.18. The third kappa shape index (κ3) is 10.2. The van der Waals surface area contributed by atoms with Crippen LogP contribution in [0.1, 0.15) is 60.3 Å². The van der Waals surface area contributed by atoms with Gasteiger partial charge in [-0.1, -0.05) is 53.4 Å². The van der Waals surface area contributed by atoms with Crippen molar-refractivity contribution in [2.45, 2.75) is 60.3 Å². The molecule has 0 aromatic carbocycles. The number of rotatable bonds is 3. The molecule has 1 aliphatic carbocycles. The monoisotopic (exact) mass is 214 g/mol. The minimum atomic E-state index is 0.681. The molecule has 1 aliphatic rings. The van der Waals surface area contributed by atoms with Gasteiger partial charge in [0.25, 0.3) is 0 Å². The van der Waals surface area contributed by atoms with Crippen molar-refractivity contribution in [1.82, 2.24) is 0 Å². The first kappa shape index (κ1) is 15.0. The molecule has 1 rings (SSSR count). The molecule has 1 nitrogen and oxygen atoms in total. The van der Waals surface area contributed by atoms with Gasteiger partial charge < -0.3 is 4.74 Å². The molecule has 15 heavy (non-hydrogen) atoms. The van der Waals surface area contributed by atoms with Gasteiger partial charge in [-0.3, -0.25) is 0 Å². The highest BCUT2D eigenvalue weighted by Crippen LogP contribution is 2.27. The minimum absolute atomic E-state index is 0.681. The Labute approximate surface area is 96.6 Å². The van der Waals surface area contributed by atoms with Crippen LogP contribution in [0, 0.1) is 17.8 Å². The van der Waals surface area contributed by atoms with E-state index >= 15 is 0 Å². The second-order valence-corrected chi connectivity index (χ2v) is 5.42. The molecule has 1 heteroatoms. The van der Waals surface area contributed by atoms with Crippen LogP contribution < -0.4 is 0 Å². The first-order chi connectivity index (χ1) is 7.06. The molecule has 1 saturated carbocycles. The lowest BCUT2D eigenvalue weighted by atomic mass is 9.84. The normalized spacial score (nSPS) is 26.0. The minimum Gasteiger partial charge on any atom is -0.381 e. The van der Waals surface area contributed by atoms with Crippen LogP contribution in [0.25, 0.3) is 0 Å². The van der Waals surface area contributed by atoms with Crippen LogP contribution in [-0.4, -0.2) is 13.2 Å². The average Bonchev–Trinajstić information content (AvgIpc) is 2.20. The lowest BCUT2D eigenvalue weighted by Gasteiger charge is -2.22. The van der Waals surface area contributed by atoms with Gasteiger partial charge in [0.2, 0.25) is 0 Å². The van der Waals surface area contributed by atoms with Crippen molar-refractivity contribution in [1.29, 1.82) is 0 Å². The third-order valence-electron chi connectivity index (χ3n) is 2.96. The fraction of sp³-hybridized carbons (Fsp3) is 1.00. The predicted molar refractivity (Wildman–Crippen MR) is 68.1 cm³/mol. The largest absolute Gasteiger partial charge is 0.381 e. The Hall–Kier alpha value is -0.0400. The quantitative estimate of drug-likeness (QED) is 0.671. The lowest BCUT2D eigenvalue weighted by molar-refractivity contribution is 0.122. The van der Waals surface area contributed by atoms with Crippen LogP contribution in [0.2, 0.25) is 0 Å². The van der Waals surface area contributed by atoms with Crippen LogP contribution in [0.15, 0.2) is 0 Å². The fourth-order valence-electron chi connectivity index (χ4n) is 1.78. The Balaban J connectivity index is 0.000000265. The van der Waals surface area contributed by atoms with Crippen molar-refractivity contribution in [3.63, 3.8) is 0 Å². The maximum atomic E-state index is 5.09. The van der Waals surface area contributed by atoms with Gasteiger partial charge >= 0.3 is 0 Å². The maximum Gasteiger partial charge on any atom is 0.0488 e. The number of ether oxygens (including phenoxy) is 1. The second kappa shape index (κ2) is 9.21. The molecular formula is C14H30O. The lowest BCUT2D eigenvalue weighted by Crippen LogP contribution is -2.08. The summed E-state index contributed by atoms with van der Waals surface area (Å²) in [7, 11) is 0. The summed E-state index contributed by atoms with van der Waals surface area (Å²) in [6, 6.07) is 0. The molecule has 0 aliphatic heterocycles. The van der Waals surface area contributed by atoms with Gasteiger partial charge in [0.05, 0.1) is 0 Å². The molecule has 0 aromatic rings. The molecule has 0 radical (unpaired) electrons. The molecule has 0 heterocycles. The van der Waals surface area contributed by atoms with Gasteiger partial charge in [-0.2, -0.15) is 0 Å². The third-order valence-corrected chi connectivity index (χ3v) is 2.96. The van der Waals surface area contributed by atoms with E-state index < -0.39 is 0 Å². The van der Waals surface area contributed by atoms with Crippen molar-refractivity contribution in [2.75, 3.05) is 13.2 Å². The Morgan fingerprint density at radius 2 is 1.40 bits per heavy atom. The first-order valence-electron chi connectivity index (χ1n) is 6.64. The maximum absolute atomic E-state index is 5.09. The van der Waals surface area contributed by atoms with Gasteiger partial charge in [0.15, 0.2) is 0 Å². The zero-order chi connectivity index (χ0) is 11.7. The summed E-state index contributed by atoms with van der Waals surface area (Å²) < 4.78 is 5.09. The summed E-state index contributed by atoms with van der Waals surface area (Å²) in [5.74, 6) is 2.72. The van der Waals surface area contributed by atoms with E-state index in [4.69, 9.17) is 4.74 Å². The van der Waals surface area contributed by atoms with Crippen molar-refractivity contribution in [2.24, 2.45) is 17.8 Å². The summed E-state index contributed by atoms with van der Waals surface area (Å²) in [6.45, 7) is 12.8. The Bertz CT molecular complexity index is 113. The Morgan fingerprint density at radius 1 is 1.00 bits per heavy atom. The molecular weight excluding hydrogens is 184 g/mol.